The van der Waals surface area contributed by atoms with Gasteiger partial charge >= 0.3 is 6.03 Å². The molecular weight excluding hydrogens is 291 g/mol. The maximum Gasteiger partial charge on any atom is 0.315 e. The number of hydrogen-bond acceptors (Lipinski definition) is 1. The number of nitrogens with two attached hydrogens (primary N) is 1. The monoisotopic (exact) mass is 308 g/mol. The van der Waals surface area contributed by atoms with Crippen LogP contribution in [0.25, 0.3) is 0 Å². The average Bonchev–Trinajstić information content (AvgIpc) is 2.16. The Hall–Kier alpha value is -0.440. The molecule has 0 aliphatic rings. The van der Waals surface area contributed by atoms with E-state index in [1.807, 2.05) is 22.6 Å². The van der Waals surface area contributed by atoms with E-state index in [2.05, 4.69) is 16.8 Å². The SMILES string of the molecule is CCCCCCN(CC#CI)C(N)=O. The zero-order chi connectivity index (χ0) is 10.8. The van der Waals surface area contributed by atoms with Crippen LogP contribution in [0.2, 0.25) is 0 Å². The van der Waals surface area contributed by atoms with Crippen molar-refractivity contribution in [2.45, 2.75) is 32.6 Å². The number of halogens is 1. The van der Waals surface area contributed by atoms with Gasteiger partial charge < -0.3 is 10.6 Å². The highest BCUT2D eigenvalue weighted by Gasteiger charge is 2.06. The molecule has 0 saturated heterocycles. The molecule has 14 heavy (non-hydrogen) atoms. The Balaban J connectivity index is 3.72. The molecule has 2 N–H and O–H groups in total. The normalized spacial score (nSPS) is 9.00. The lowest BCUT2D eigenvalue weighted by molar-refractivity contribution is 0.213. The molecule has 2 amide bonds. The molecule has 0 radical (unpaired) electrons. The van der Waals surface area contributed by atoms with Gasteiger partial charge in [-0.25, -0.2) is 4.79 Å². The number of hydrogen-bond donors (Lipinski definition) is 1. The predicted octanol–water partition coefficient (Wildman–Crippen LogP) is 2.34. The fourth-order valence-corrected chi connectivity index (χ4v) is 1.29. The van der Waals surface area contributed by atoms with Crippen LogP contribution in [-0.4, -0.2) is 24.0 Å². The van der Waals surface area contributed by atoms with Gasteiger partial charge in [-0.05, 0) is 10.3 Å². The predicted molar refractivity (Wildman–Crippen MR) is 67.1 cm³/mol. The van der Waals surface area contributed by atoms with Gasteiger partial charge in [0.15, 0.2) is 0 Å². The second-order valence-corrected chi connectivity index (χ2v) is 3.63. The number of unbranched alkanes of at least 4 members (excludes halogenated alkanes) is 3. The van der Waals surface area contributed by atoms with Crippen LogP contribution < -0.4 is 5.73 Å². The Labute approximate surface area is 99.5 Å². The second-order valence-electron chi connectivity index (χ2n) is 3.09. The molecule has 0 spiro atoms. The Bertz CT molecular complexity index is 220. The van der Waals surface area contributed by atoms with Gasteiger partial charge in [0.1, 0.15) is 0 Å². The van der Waals surface area contributed by atoms with Crippen LogP contribution in [0, 0.1) is 9.85 Å². The van der Waals surface area contributed by atoms with Crippen LogP contribution in [0.15, 0.2) is 0 Å². The molecular formula is C10H17IN2O. The first-order chi connectivity index (χ1) is 6.72. The lowest BCUT2D eigenvalue weighted by Crippen LogP contribution is -2.36. The molecule has 0 aromatic carbocycles. The van der Waals surface area contributed by atoms with Crippen molar-refractivity contribution in [1.82, 2.24) is 4.90 Å². The molecule has 0 bridgehead atoms. The first-order valence-corrected chi connectivity index (χ1v) is 5.93. The highest BCUT2D eigenvalue weighted by Crippen LogP contribution is 2.00. The molecule has 0 aliphatic heterocycles. The molecule has 3 nitrogen and oxygen atoms in total. The van der Waals surface area contributed by atoms with E-state index in [1.165, 1.54) is 12.8 Å². The Kier molecular flexibility index (Phi) is 8.84. The molecule has 0 unspecified atom stereocenters. The minimum absolute atomic E-state index is 0.374. The number of carbonyl (C=O) groups excluding carboxylic acids is 1. The minimum atomic E-state index is -0.374. The van der Waals surface area contributed by atoms with Crippen molar-refractivity contribution in [3.63, 3.8) is 0 Å². The fraction of sp³-hybridized carbons (Fsp3) is 0.700. The quantitative estimate of drug-likeness (QED) is 0.457. The van der Waals surface area contributed by atoms with E-state index < -0.39 is 0 Å². The lowest BCUT2D eigenvalue weighted by atomic mass is 10.2. The van der Waals surface area contributed by atoms with E-state index in [0.717, 1.165) is 19.4 Å². The van der Waals surface area contributed by atoms with Gasteiger partial charge in [-0.3, -0.25) is 0 Å². The maximum absolute atomic E-state index is 10.9. The summed E-state index contributed by atoms with van der Waals surface area (Å²) in [6.07, 6.45) is 4.58. The van der Waals surface area contributed by atoms with Gasteiger partial charge in [0, 0.05) is 29.1 Å². The molecule has 0 aromatic heterocycles. The van der Waals surface area contributed by atoms with Gasteiger partial charge in [-0.2, -0.15) is 0 Å². The summed E-state index contributed by atoms with van der Waals surface area (Å²) in [6, 6.07) is -0.374. The lowest BCUT2D eigenvalue weighted by Gasteiger charge is -2.16. The molecule has 4 heteroatoms. The summed E-state index contributed by atoms with van der Waals surface area (Å²) in [7, 11) is 0. The van der Waals surface area contributed by atoms with Crippen molar-refractivity contribution in [2.24, 2.45) is 5.73 Å². The van der Waals surface area contributed by atoms with Gasteiger partial charge in [0.05, 0.1) is 6.54 Å². The summed E-state index contributed by atoms with van der Waals surface area (Å²) in [5.41, 5.74) is 5.21. The van der Waals surface area contributed by atoms with Gasteiger partial charge in [-0.1, -0.05) is 32.1 Å². The largest absolute Gasteiger partial charge is 0.351 e. The second kappa shape index (κ2) is 9.13. The van der Waals surface area contributed by atoms with E-state index in [9.17, 15) is 4.79 Å². The van der Waals surface area contributed by atoms with Crippen molar-refractivity contribution < 1.29 is 4.79 Å². The summed E-state index contributed by atoms with van der Waals surface area (Å²) in [4.78, 5) is 12.5. The average molecular weight is 308 g/mol. The van der Waals surface area contributed by atoms with Gasteiger partial charge in [0.25, 0.3) is 0 Å². The third-order valence-corrected chi connectivity index (χ3v) is 2.31. The molecule has 0 saturated carbocycles. The Morgan fingerprint density at radius 2 is 2.14 bits per heavy atom. The summed E-state index contributed by atoms with van der Waals surface area (Å²) >= 11 is 1.96. The minimum Gasteiger partial charge on any atom is -0.351 e. The molecule has 0 atom stereocenters. The summed E-state index contributed by atoms with van der Waals surface area (Å²) in [6.45, 7) is 3.33. The summed E-state index contributed by atoms with van der Waals surface area (Å²) < 4.78 is 2.73. The number of primary amides is 1. The summed E-state index contributed by atoms with van der Waals surface area (Å²) in [5.74, 6) is 2.83. The van der Waals surface area contributed by atoms with Crippen molar-refractivity contribution in [3.05, 3.63) is 0 Å². The zero-order valence-corrected chi connectivity index (χ0v) is 10.7. The van der Waals surface area contributed by atoms with E-state index in [1.54, 1.807) is 4.90 Å². The van der Waals surface area contributed by atoms with Crippen molar-refractivity contribution in [1.29, 1.82) is 0 Å². The number of rotatable bonds is 6. The van der Waals surface area contributed by atoms with Crippen molar-refractivity contribution in [3.8, 4) is 9.85 Å². The van der Waals surface area contributed by atoms with Crippen LogP contribution in [0.3, 0.4) is 0 Å². The van der Waals surface area contributed by atoms with Crippen LogP contribution >= 0.6 is 22.6 Å². The fourth-order valence-electron chi connectivity index (χ4n) is 1.12. The standard InChI is InChI=1S/C10H17IN2O/c1-2-3-4-5-8-13(10(12)14)9-6-7-11/h2-5,8-9H2,1H3,(H2,12,14). The number of carbonyl (C=O) groups is 1. The van der Waals surface area contributed by atoms with Crippen LogP contribution in [-0.2, 0) is 0 Å². The van der Waals surface area contributed by atoms with Crippen LogP contribution in [0.4, 0.5) is 4.79 Å². The molecule has 0 aliphatic carbocycles. The van der Waals surface area contributed by atoms with Crippen molar-refractivity contribution in [2.75, 3.05) is 13.1 Å². The molecule has 0 heterocycles. The third kappa shape index (κ3) is 7.01. The van der Waals surface area contributed by atoms with E-state index in [4.69, 9.17) is 5.73 Å². The topological polar surface area (TPSA) is 46.3 Å². The highest BCUT2D eigenvalue weighted by molar-refractivity contribution is 14.1. The summed E-state index contributed by atoms with van der Waals surface area (Å²) in [5, 5.41) is 0. The van der Waals surface area contributed by atoms with Crippen LogP contribution in [0.5, 0.6) is 0 Å². The molecule has 80 valence electrons. The van der Waals surface area contributed by atoms with E-state index in [0.29, 0.717) is 6.54 Å². The Morgan fingerprint density at radius 3 is 2.64 bits per heavy atom. The van der Waals surface area contributed by atoms with E-state index >= 15 is 0 Å². The molecule has 0 aromatic rings. The number of urea groups is 1. The smallest absolute Gasteiger partial charge is 0.315 e. The molecule has 0 fully saturated rings. The number of nitrogens with zero attached hydrogens (tertiary/aromatic N) is 1. The maximum atomic E-state index is 10.9. The Morgan fingerprint density at radius 1 is 1.43 bits per heavy atom. The molecule has 0 rings (SSSR count). The first kappa shape index (κ1) is 13.6. The zero-order valence-electron chi connectivity index (χ0n) is 8.55. The van der Waals surface area contributed by atoms with Gasteiger partial charge in [-0.15, -0.1) is 0 Å². The van der Waals surface area contributed by atoms with Crippen LogP contribution in [0.1, 0.15) is 32.6 Å². The van der Waals surface area contributed by atoms with E-state index in [-0.39, 0.29) is 6.03 Å². The third-order valence-electron chi connectivity index (χ3n) is 1.93. The van der Waals surface area contributed by atoms with Crippen molar-refractivity contribution >= 4 is 28.6 Å². The highest BCUT2D eigenvalue weighted by atomic mass is 127. The number of amides is 2. The van der Waals surface area contributed by atoms with Gasteiger partial charge in [0.2, 0.25) is 0 Å². The first-order valence-electron chi connectivity index (χ1n) is 4.85.